The third kappa shape index (κ3) is 4.06. The highest BCUT2D eigenvalue weighted by Crippen LogP contribution is 2.47. The fraction of sp³-hybridized carbons (Fsp3) is 0.263. The molecule has 7 heteroatoms. The second kappa shape index (κ2) is 8.62. The minimum atomic E-state index is -0.929. The van der Waals surface area contributed by atoms with Crippen molar-refractivity contribution >= 4 is 46.8 Å². The van der Waals surface area contributed by atoms with E-state index in [1.54, 1.807) is 28.4 Å². The summed E-state index contributed by atoms with van der Waals surface area (Å²) in [6.07, 6.45) is 2.41. The summed E-state index contributed by atoms with van der Waals surface area (Å²) in [7, 11) is 0. The molecule has 2 aromatic carbocycles. The number of carboxylic acids is 1. The highest BCUT2D eigenvalue weighted by molar-refractivity contribution is 7.99. The topological polar surface area (TPSA) is 69.6 Å². The smallest absolute Gasteiger partial charge is 0.320 e. The zero-order valence-electron chi connectivity index (χ0n) is 14.3. The number of carbonyl (C=O) groups excluding carboxylic acids is 1. The molecule has 0 saturated carbocycles. The molecule has 136 valence electrons. The quantitative estimate of drug-likeness (QED) is 0.755. The molecule has 1 aliphatic heterocycles. The Labute approximate surface area is 161 Å². The van der Waals surface area contributed by atoms with E-state index in [0.717, 1.165) is 26.9 Å². The van der Waals surface area contributed by atoms with E-state index in [0.29, 0.717) is 6.42 Å². The van der Waals surface area contributed by atoms with Crippen molar-refractivity contribution in [1.29, 1.82) is 0 Å². The van der Waals surface area contributed by atoms with Crippen molar-refractivity contribution in [2.75, 3.05) is 23.5 Å². The van der Waals surface area contributed by atoms with Gasteiger partial charge in [0.05, 0.1) is 17.9 Å². The number of nitrogens with one attached hydrogen (secondary N) is 1. The maximum absolute atomic E-state index is 13.0. The van der Waals surface area contributed by atoms with Gasteiger partial charge in [0, 0.05) is 9.79 Å². The van der Waals surface area contributed by atoms with E-state index in [-0.39, 0.29) is 12.5 Å². The van der Waals surface area contributed by atoms with Gasteiger partial charge in [0.2, 0.25) is 5.91 Å². The van der Waals surface area contributed by atoms with Crippen LogP contribution in [0.15, 0.2) is 58.3 Å². The first-order chi connectivity index (χ1) is 12.6. The number of nitrogens with zero attached hydrogens (tertiary/aromatic N) is 1. The molecule has 26 heavy (non-hydrogen) atoms. The van der Waals surface area contributed by atoms with E-state index in [1.165, 1.54) is 0 Å². The van der Waals surface area contributed by atoms with Gasteiger partial charge in [-0.05, 0) is 42.7 Å². The van der Waals surface area contributed by atoms with Crippen molar-refractivity contribution in [1.82, 2.24) is 5.32 Å². The van der Waals surface area contributed by atoms with Crippen molar-refractivity contribution in [3.63, 3.8) is 0 Å². The second-order valence-electron chi connectivity index (χ2n) is 5.82. The molecule has 0 radical (unpaired) electrons. The van der Waals surface area contributed by atoms with Crippen LogP contribution in [0.25, 0.3) is 0 Å². The summed E-state index contributed by atoms with van der Waals surface area (Å²) >= 11 is 3.22. The summed E-state index contributed by atoms with van der Waals surface area (Å²) in [5.74, 6) is -0.369. The van der Waals surface area contributed by atoms with Crippen LogP contribution in [0.3, 0.4) is 0 Å². The van der Waals surface area contributed by atoms with E-state index in [4.69, 9.17) is 0 Å². The van der Waals surface area contributed by atoms with Crippen molar-refractivity contribution in [3.8, 4) is 0 Å². The lowest BCUT2D eigenvalue weighted by Gasteiger charge is -2.31. The highest BCUT2D eigenvalue weighted by Gasteiger charge is 2.28. The molecular formula is C19H20N2O3S2. The van der Waals surface area contributed by atoms with Gasteiger partial charge in [-0.2, -0.15) is 11.8 Å². The fourth-order valence-corrected chi connectivity index (χ4v) is 4.34. The Kier molecular flexibility index (Phi) is 6.24. The first-order valence-electron chi connectivity index (χ1n) is 8.26. The number of thioether (sulfide) groups is 1. The van der Waals surface area contributed by atoms with Crippen LogP contribution < -0.4 is 10.2 Å². The lowest BCUT2D eigenvalue weighted by atomic mass is 10.2. The Balaban J connectivity index is 1.82. The highest BCUT2D eigenvalue weighted by atomic mass is 32.2. The van der Waals surface area contributed by atoms with Crippen LogP contribution in [0.5, 0.6) is 0 Å². The largest absolute Gasteiger partial charge is 0.480 e. The normalized spacial score (nSPS) is 13.7. The average molecular weight is 389 g/mol. The summed E-state index contributed by atoms with van der Waals surface area (Å²) < 4.78 is 0. The lowest BCUT2D eigenvalue weighted by molar-refractivity contribution is -0.139. The van der Waals surface area contributed by atoms with Crippen LogP contribution in [-0.4, -0.2) is 41.6 Å². The molecule has 1 aliphatic rings. The van der Waals surface area contributed by atoms with Gasteiger partial charge in [-0.3, -0.25) is 19.8 Å². The number of benzene rings is 2. The van der Waals surface area contributed by atoms with Gasteiger partial charge in [-0.1, -0.05) is 36.0 Å². The van der Waals surface area contributed by atoms with E-state index < -0.39 is 12.0 Å². The Bertz CT molecular complexity index is 767. The Morgan fingerprint density at radius 2 is 1.69 bits per heavy atom. The molecule has 0 aromatic heterocycles. The number of hydrogen-bond acceptors (Lipinski definition) is 5. The van der Waals surface area contributed by atoms with Crippen LogP contribution in [-0.2, 0) is 9.59 Å². The predicted molar refractivity (Wildman–Crippen MR) is 107 cm³/mol. The molecule has 0 spiro atoms. The Hall–Kier alpha value is -1.96. The van der Waals surface area contributed by atoms with Crippen molar-refractivity contribution in [2.24, 2.45) is 0 Å². The molecule has 3 rings (SSSR count). The van der Waals surface area contributed by atoms with Gasteiger partial charge >= 0.3 is 5.97 Å². The minimum absolute atomic E-state index is 0.0291. The maximum Gasteiger partial charge on any atom is 0.320 e. The molecule has 0 saturated heterocycles. The number of para-hydroxylation sites is 2. The molecule has 0 bridgehead atoms. The lowest BCUT2D eigenvalue weighted by Crippen LogP contribution is -2.44. The van der Waals surface area contributed by atoms with Gasteiger partial charge in [-0.25, -0.2) is 0 Å². The molecular weight excluding hydrogens is 368 g/mol. The van der Waals surface area contributed by atoms with Crippen molar-refractivity contribution in [2.45, 2.75) is 22.3 Å². The van der Waals surface area contributed by atoms with Gasteiger partial charge in [0.1, 0.15) is 6.04 Å². The molecule has 0 aliphatic carbocycles. The maximum atomic E-state index is 13.0. The third-order valence-corrected chi connectivity index (χ3v) is 5.86. The second-order valence-corrected chi connectivity index (χ2v) is 7.89. The van der Waals surface area contributed by atoms with Crippen LogP contribution in [0, 0.1) is 0 Å². The number of amides is 1. The summed E-state index contributed by atoms with van der Waals surface area (Å²) in [4.78, 5) is 28.1. The van der Waals surface area contributed by atoms with Gasteiger partial charge in [0.15, 0.2) is 0 Å². The van der Waals surface area contributed by atoms with E-state index in [9.17, 15) is 14.7 Å². The first-order valence-corrected chi connectivity index (χ1v) is 10.5. The summed E-state index contributed by atoms with van der Waals surface area (Å²) in [6, 6.07) is 14.8. The van der Waals surface area contributed by atoms with E-state index in [1.807, 2.05) is 54.8 Å². The molecule has 5 nitrogen and oxygen atoms in total. The molecule has 1 amide bonds. The third-order valence-electron chi connectivity index (χ3n) is 4.09. The first kappa shape index (κ1) is 18.8. The number of carbonyl (C=O) groups is 2. The van der Waals surface area contributed by atoms with Gasteiger partial charge in [0.25, 0.3) is 0 Å². The number of hydrogen-bond donors (Lipinski definition) is 2. The summed E-state index contributed by atoms with van der Waals surface area (Å²) in [5, 5.41) is 12.2. The fourth-order valence-electron chi connectivity index (χ4n) is 2.81. The summed E-state index contributed by atoms with van der Waals surface area (Å²) in [6.45, 7) is -0.0291. The Morgan fingerprint density at radius 1 is 1.12 bits per heavy atom. The van der Waals surface area contributed by atoms with Gasteiger partial charge < -0.3 is 5.11 Å². The molecule has 2 N–H and O–H groups in total. The monoisotopic (exact) mass is 388 g/mol. The number of carboxylic acid groups (broad SMARTS) is 1. The molecule has 0 fully saturated rings. The number of rotatable bonds is 7. The minimum Gasteiger partial charge on any atom is -0.480 e. The average Bonchev–Trinajstić information content (AvgIpc) is 2.65. The Morgan fingerprint density at radius 3 is 2.23 bits per heavy atom. The molecule has 1 heterocycles. The van der Waals surface area contributed by atoms with Crippen LogP contribution in [0.1, 0.15) is 6.42 Å². The molecule has 2 aromatic rings. The van der Waals surface area contributed by atoms with Crippen molar-refractivity contribution in [3.05, 3.63) is 48.5 Å². The van der Waals surface area contributed by atoms with Crippen LogP contribution in [0.2, 0.25) is 0 Å². The number of anilines is 2. The number of aliphatic carboxylic acids is 1. The van der Waals surface area contributed by atoms with E-state index >= 15 is 0 Å². The van der Waals surface area contributed by atoms with E-state index in [2.05, 4.69) is 5.32 Å². The van der Waals surface area contributed by atoms with Crippen molar-refractivity contribution < 1.29 is 14.7 Å². The standard InChI is InChI=1S/C19H20N2O3S2/c1-25-11-10-13(19(23)24)20-12-18(22)21-14-6-2-4-8-16(14)26-17-9-5-3-7-15(17)21/h2-9,13,20H,10-12H2,1H3,(H,23,24)/t13-/m0/s1. The zero-order valence-corrected chi connectivity index (χ0v) is 16.0. The van der Waals surface area contributed by atoms with Gasteiger partial charge in [-0.15, -0.1) is 0 Å². The SMILES string of the molecule is CSCC[C@H](NCC(=O)N1c2ccccc2Sc2ccccc21)C(=O)O. The van der Waals surface area contributed by atoms with Crippen LogP contribution >= 0.6 is 23.5 Å². The zero-order chi connectivity index (χ0) is 18.5. The van der Waals surface area contributed by atoms with Crippen LogP contribution in [0.4, 0.5) is 11.4 Å². The predicted octanol–water partition coefficient (Wildman–Crippen LogP) is 3.61. The molecule has 1 atom stereocenters. The summed E-state index contributed by atoms with van der Waals surface area (Å²) in [5.41, 5.74) is 1.66. The molecule has 0 unspecified atom stereocenters. The number of fused-ring (bicyclic) bond motifs is 2.